The molecule has 0 aliphatic heterocycles. The van der Waals surface area contributed by atoms with Crippen molar-refractivity contribution in [2.24, 2.45) is 17.8 Å². The molecule has 0 saturated heterocycles. The standard InChI is InChI=1S/C10H15BrF2/c11-6-7-4-8-2-1-3-9(5-7)10(8,12)13/h7-9H,1-6H2. The molecule has 2 saturated carbocycles. The van der Waals surface area contributed by atoms with Gasteiger partial charge in [-0.2, -0.15) is 0 Å². The third-order valence-corrected chi connectivity index (χ3v) is 4.56. The third-order valence-electron chi connectivity index (χ3n) is 3.65. The Kier molecular flexibility index (Phi) is 2.65. The van der Waals surface area contributed by atoms with Gasteiger partial charge in [0.1, 0.15) is 0 Å². The first kappa shape index (κ1) is 9.88. The van der Waals surface area contributed by atoms with Crippen LogP contribution in [0.3, 0.4) is 0 Å². The molecule has 76 valence electrons. The fourth-order valence-corrected chi connectivity index (χ4v) is 3.43. The molecule has 2 aliphatic rings. The molecule has 0 radical (unpaired) electrons. The smallest absolute Gasteiger partial charge is 0.206 e. The Morgan fingerprint density at radius 1 is 1.15 bits per heavy atom. The first-order valence-electron chi connectivity index (χ1n) is 5.08. The number of rotatable bonds is 1. The van der Waals surface area contributed by atoms with Gasteiger partial charge >= 0.3 is 0 Å². The molecular formula is C10H15BrF2. The topological polar surface area (TPSA) is 0 Å². The predicted octanol–water partition coefficient (Wildman–Crippen LogP) is 3.84. The zero-order chi connectivity index (χ0) is 9.47. The molecule has 2 aliphatic carbocycles. The molecule has 0 N–H and O–H groups in total. The number of halogens is 3. The maximum Gasteiger partial charge on any atom is 0.253 e. The number of alkyl halides is 3. The van der Waals surface area contributed by atoms with E-state index in [1.54, 1.807) is 0 Å². The molecule has 0 spiro atoms. The minimum absolute atomic E-state index is 0.317. The van der Waals surface area contributed by atoms with Gasteiger partial charge in [-0.05, 0) is 31.6 Å². The molecule has 0 nitrogen and oxygen atoms in total. The van der Waals surface area contributed by atoms with E-state index >= 15 is 0 Å². The van der Waals surface area contributed by atoms with Gasteiger partial charge in [-0.15, -0.1) is 0 Å². The summed E-state index contributed by atoms with van der Waals surface area (Å²) in [6.45, 7) is 0. The average molecular weight is 253 g/mol. The van der Waals surface area contributed by atoms with Crippen molar-refractivity contribution in [1.29, 1.82) is 0 Å². The quantitative estimate of drug-likeness (QED) is 0.623. The van der Waals surface area contributed by atoms with E-state index in [1.807, 2.05) is 0 Å². The second-order valence-corrected chi connectivity index (χ2v) is 5.14. The lowest BCUT2D eigenvalue weighted by Crippen LogP contribution is -2.46. The molecule has 2 bridgehead atoms. The highest BCUT2D eigenvalue weighted by Gasteiger charge is 2.52. The molecular weight excluding hydrogens is 238 g/mol. The zero-order valence-corrected chi connectivity index (χ0v) is 9.19. The van der Waals surface area contributed by atoms with Crippen molar-refractivity contribution in [2.75, 3.05) is 5.33 Å². The fourth-order valence-electron chi connectivity index (χ4n) is 2.91. The van der Waals surface area contributed by atoms with Crippen LogP contribution in [-0.2, 0) is 0 Å². The van der Waals surface area contributed by atoms with E-state index in [1.165, 1.54) is 0 Å². The lowest BCUT2D eigenvalue weighted by atomic mass is 9.66. The molecule has 0 aromatic rings. The molecule has 2 fully saturated rings. The van der Waals surface area contributed by atoms with Crippen LogP contribution in [0.2, 0.25) is 0 Å². The Bertz CT molecular complexity index is 177. The molecule has 0 aromatic heterocycles. The number of fused-ring (bicyclic) bond motifs is 2. The van der Waals surface area contributed by atoms with Crippen molar-refractivity contribution in [2.45, 2.75) is 38.0 Å². The van der Waals surface area contributed by atoms with Gasteiger partial charge in [0.15, 0.2) is 0 Å². The SMILES string of the molecule is FC1(F)C2CCCC1CC(CBr)C2. The van der Waals surface area contributed by atoms with Crippen LogP contribution in [0, 0.1) is 17.8 Å². The maximum atomic E-state index is 13.6. The Morgan fingerprint density at radius 2 is 1.69 bits per heavy atom. The van der Waals surface area contributed by atoms with Crippen molar-refractivity contribution in [3.05, 3.63) is 0 Å². The second-order valence-electron chi connectivity index (χ2n) is 4.49. The Balaban J connectivity index is 2.12. The van der Waals surface area contributed by atoms with Gasteiger partial charge in [-0.25, -0.2) is 8.78 Å². The lowest BCUT2D eigenvalue weighted by Gasteiger charge is -2.45. The number of hydrogen-bond donors (Lipinski definition) is 0. The van der Waals surface area contributed by atoms with Crippen LogP contribution in [0.15, 0.2) is 0 Å². The normalized spacial score (nSPS) is 43.2. The van der Waals surface area contributed by atoms with Crippen LogP contribution < -0.4 is 0 Å². The van der Waals surface area contributed by atoms with E-state index in [0.717, 1.165) is 37.4 Å². The Morgan fingerprint density at radius 3 is 2.15 bits per heavy atom. The average Bonchev–Trinajstić information content (AvgIpc) is 2.02. The minimum Gasteiger partial charge on any atom is -0.206 e. The Labute approximate surface area is 86.2 Å². The molecule has 3 heteroatoms. The van der Waals surface area contributed by atoms with Crippen molar-refractivity contribution in [1.82, 2.24) is 0 Å². The molecule has 0 heterocycles. The van der Waals surface area contributed by atoms with Crippen molar-refractivity contribution in [3.63, 3.8) is 0 Å². The molecule has 2 unspecified atom stereocenters. The molecule has 0 aromatic carbocycles. The first-order valence-corrected chi connectivity index (χ1v) is 6.20. The summed E-state index contributed by atoms with van der Waals surface area (Å²) in [5, 5.41) is 0.899. The summed E-state index contributed by atoms with van der Waals surface area (Å²) >= 11 is 3.41. The van der Waals surface area contributed by atoms with Gasteiger partial charge in [0.2, 0.25) is 0 Å². The third kappa shape index (κ3) is 1.64. The van der Waals surface area contributed by atoms with Gasteiger partial charge in [0.05, 0.1) is 0 Å². The second kappa shape index (κ2) is 3.48. The van der Waals surface area contributed by atoms with E-state index in [0.29, 0.717) is 5.92 Å². The van der Waals surface area contributed by atoms with Gasteiger partial charge in [-0.1, -0.05) is 22.4 Å². The summed E-state index contributed by atoms with van der Waals surface area (Å²) in [4.78, 5) is 0. The molecule has 13 heavy (non-hydrogen) atoms. The summed E-state index contributed by atoms with van der Waals surface area (Å²) in [7, 11) is 0. The highest BCUT2D eigenvalue weighted by Crippen LogP contribution is 2.52. The summed E-state index contributed by atoms with van der Waals surface area (Å²) in [6, 6.07) is 0. The lowest BCUT2D eigenvalue weighted by molar-refractivity contribution is -0.163. The highest BCUT2D eigenvalue weighted by atomic mass is 79.9. The fraction of sp³-hybridized carbons (Fsp3) is 1.00. The monoisotopic (exact) mass is 252 g/mol. The van der Waals surface area contributed by atoms with E-state index in [2.05, 4.69) is 15.9 Å². The van der Waals surface area contributed by atoms with E-state index in [9.17, 15) is 8.78 Å². The number of hydrogen-bond acceptors (Lipinski definition) is 0. The maximum absolute atomic E-state index is 13.6. The van der Waals surface area contributed by atoms with E-state index < -0.39 is 5.92 Å². The van der Waals surface area contributed by atoms with Crippen LogP contribution >= 0.6 is 15.9 Å². The highest BCUT2D eigenvalue weighted by molar-refractivity contribution is 9.09. The van der Waals surface area contributed by atoms with Gasteiger partial charge in [0.25, 0.3) is 5.92 Å². The zero-order valence-electron chi connectivity index (χ0n) is 7.61. The van der Waals surface area contributed by atoms with Gasteiger partial charge in [0, 0.05) is 17.2 Å². The largest absolute Gasteiger partial charge is 0.253 e. The van der Waals surface area contributed by atoms with Crippen LogP contribution in [-0.4, -0.2) is 11.3 Å². The summed E-state index contributed by atoms with van der Waals surface area (Å²) in [5.41, 5.74) is 0. The van der Waals surface area contributed by atoms with E-state index in [-0.39, 0.29) is 11.8 Å². The van der Waals surface area contributed by atoms with Gasteiger partial charge < -0.3 is 0 Å². The van der Waals surface area contributed by atoms with Crippen LogP contribution in [0.25, 0.3) is 0 Å². The Hall–Kier alpha value is 0.340. The molecule has 2 atom stereocenters. The summed E-state index contributed by atoms with van der Waals surface area (Å²) in [5.74, 6) is -2.49. The van der Waals surface area contributed by atoms with Crippen molar-refractivity contribution < 1.29 is 8.78 Å². The summed E-state index contributed by atoms with van der Waals surface area (Å²) in [6.07, 6.45) is 3.96. The summed E-state index contributed by atoms with van der Waals surface area (Å²) < 4.78 is 27.2. The van der Waals surface area contributed by atoms with Gasteiger partial charge in [-0.3, -0.25) is 0 Å². The van der Waals surface area contributed by atoms with Crippen molar-refractivity contribution in [3.8, 4) is 0 Å². The van der Waals surface area contributed by atoms with E-state index in [4.69, 9.17) is 0 Å². The van der Waals surface area contributed by atoms with Crippen molar-refractivity contribution >= 4 is 15.9 Å². The van der Waals surface area contributed by atoms with Crippen LogP contribution in [0.1, 0.15) is 32.1 Å². The first-order chi connectivity index (χ1) is 6.14. The molecule has 0 amide bonds. The van der Waals surface area contributed by atoms with Crippen LogP contribution in [0.5, 0.6) is 0 Å². The minimum atomic E-state index is -2.35. The molecule has 2 rings (SSSR count). The van der Waals surface area contributed by atoms with Crippen LogP contribution in [0.4, 0.5) is 8.78 Å². The predicted molar refractivity (Wildman–Crippen MR) is 52.3 cm³/mol.